The zero-order valence-corrected chi connectivity index (χ0v) is 17.2. The van der Waals surface area contributed by atoms with Gasteiger partial charge in [-0.25, -0.2) is 0 Å². The third kappa shape index (κ3) is 3.47. The maximum absolute atomic E-state index is 13.3. The van der Waals surface area contributed by atoms with Gasteiger partial charge in [-0.05, 0) is 43.7 Å². The molecule has 0 bridgehead atoms. The number of rotatable bonds is 3. The summed E-state index contributed by atoms with van der Waals surface area (Å²) in [5, 5.41) is 7.85. The molecule has 0 radical (unpaired) electrons. The molecule has 0 fully saturated rings. The Morgan fingerprint density at radius 3 is 2.72 bits per heavy atom. The number of pyridine rings is 1. The van der Waals surface area contributed by atoms with E-state index in [1.54, 1.807) is 46.2 Å². The van der Waals surface area contributed by atoms with Crippen LogP contribution < -0.4 is 10.2 Å². The molecule has 9 heteroatoms. The van der Waals surface area contributed by atoms with Crippen LogP contribution in [0, 0.1) is 6.92 Å². The predicted octanol–water partition coefficient (Wildman–Crippen LogP) is 4.37. The van der Waals surface area contributed by atoms with Crippen molar-refractivity contribution < 1.29 is 9.59 Å². The molecule has 1 aliphatic heterocycles. The van der Waals surface area contributed by atoms with Gasteiger partial charge in [-0.2, -0.15) is 5.10 Å². The summed E-state index contributed by atoms with van der Waals surface area (Å²) in [5.74, 6) is -0.745. The predicted molar refractivity (Wildman–Crippen MR) is 112 cm³/mol. The van der Waals surface area contributed by atoms with Gasteiger partial charge in [0.25, 0.3) is 11.8 Å². The van der Waals surface area contributed by atoms with Crippen molar-refractivity contribution >= 4 is 46.4 Å². The number of anilines is 2. The maximum atomic E-state index is 13.3. The third-order valence-electron chi connectivity index (χ3n) is 4.85. The van der Waals surface area contributed by atoms with Crippen molar-refractivity contribution in [2.24, 2.45) is 0 Å². The topological polar surface area (TPSA) is 80.1 Å². The molecule has 1 atom stereocenters. The van der Waals surface area contributed by atoms with Crippen LogP contribution >= 0.6 is 23.2 Å². The van der Waals surface area contributed by atoms with E-state index in [0.29, 0.717) is 28.0 Å². The molecule has 29 heavy (non-hydrogen) atoms. The van der Waals surface area contributed by atoms with Gasteiger partial charge in [0.2, 0.25) is 0 Å². The molecule has 0 saturated heterocycles. The number of aromatic nitrogens is 3. The summed E-state index contributed by atoms with van der Waals surface area (Å²) >= 11 is 12.1. The largest absolute Gasteiger partial charge is 0.320 e. The fourth-order valence-corrected chi connectivity index (χ4v) is 3.58. The third-order valence-corrected chi connectivity index (χ3v) is 5.59. The highest BCUT2D eigenvalue weighted by atomic mass is 35.5. The molecule has 3 heterocycles. The van der Waals surface area contributed by atoms with E-state index < -0.39 is 5.91 Å². The standard InChI is InChI=1S/C20H17Cl2N5O2/c1-11-5-6-23-9-17(11)25-19(28)14-8-24-27-12(2)10-26(20(29)18(14)27)13-3-4-15(21)16(22)7-13/h3-9,12H,10H2,1-2H3,(H,25,28)/t12-/m0/s1. The lowest BCUT2D eigenvalue weighted by Crippen LogP contribution is -2.43. The van der Waals surface area contributed by atoms with Crippen molar-refractivity contribution in [1.82, 2.24) is 14.8 Å². The Hall–Kier alpha value is -2.90. The number of halogens is 2. The number of carbonyl (C=O) groups is 2. The molecule has 0 spiro atoms. The minimum Gasteiger partial charge on any atom is -0.320 e. The summed E-state index contributed by atoms with van der Waals surface area (Å²) in [4.78, 5) is 31.8. The van der Waals surface area contributed by atoms with E-state index in [1.165, 1.54) is 6.20 Å². The monoisotopic (exact) mass is 429 g/mol. The Bertz CT molecular complexity index is 1130. The highest BCUT2D eigenvalue weighted by Crippen LogP contribution is 2.32. The zero-order chi connectivity index (χ0) is 20.7. The molecule has 7 nitrogen and oxygen atoms in total. The summed E-state index contributed by atoms with van der Waals surface area (Å²) in [6, 6.07) is 6.67. The van der Waals surface area contributed by atoms with Gasteiger partial charge in [0.1, 0.15) is 5.69 Å². The number of amides is 2. The van der Waals surface area contributed by atoms with Crippen molar-refractivity contribution in [3.63, 3.8) is 0 Å². The van der Waals surface area contributed by atoms with Crippen LogP contribution in [-0.2, 0) is 0 Å². The molecule has 1 N–H and O–H groups in total. The highest BCUT2D eigenvalue weighted by molar-refractivity contribution is 6.42. The Morgan fingerprint density at radius 1 is 1.21 bits per heavy atom. The number of aryl methyl sites for hydroxylation is 1. The molecule has 3 aromatic rings. The molecular weight excluding hydrogens is 413 g/mol. The summed E-state index contributed by atoms with van der Waals surface area (Å²) < 4.78 is 1.58. The molecule has 148 valence electrons. The van der Waals surface area contributed by atoms with Crippen LogP contribution in [0.3, 0.4) is 0 Å². The van der Waals surface area contributed by atoms with E-state index >= 15 is 0 Å². The first-order valence-electron chi connectivity index (χ1n) is 8.93. The first-order chi connectivity index (χ1) is 13.9. The SMILES string of the molecule is Cc1ccncc1NC(=O)c1cnn2c1C(=O)N(c1ccc(Cl)c(Cl)c1)C[C@@H]2C. The van der Waals surface area contributed by atoms with Gasteiger partial charge < -0.3 is 10.2 Å². The van der Waals surface area contributed by atoms with E-state index in [4.69, 9.17) is 23.2 Å². The van der Waals surface area contributed by atoms with Crippen LogP contribution in [0.2, 0.25) is 10.0 Å². The van der Waals surface area contributed by atoms with Gasteiger partial charge in [-0.1, -0.05) is 23.2 Å². The van der Waals surface area contributed by atoms with Gasteiger partial charge in [0.05, 0.1) is 39.7 Å². The lowest BCUT2D eigenvalue weighted by molar-refractivity contribution is 0.0939. The van der Waals surface area contributed by atoms with Crippen molar-refractivity contribution in [3.8, 4) is 0 Å². The Balaban J connectivity index is 1.70. The number of nitrogens with one attached hydrogen (secondary N) is 1. The van der Waals surface area contributed by atoms with Crippen LogP contribution in [0.1, 0.15) is 39.4 Å². The van der Waals surface area contributed by atoms with Gasteiger partial charge >= 0.3 is 0 Å². The smallest absolute Gasteiger partial charge is 0.277 e. The van der Waals surface area contributed by atoms with E-state index in [9.17, 15) is 9.59 Å². The number of nitrogens with zero attached hydrogens (tertiary/aromatic N) is 4. The maximum Gasteiger partial charge on any atom is 0.277 e. The molecule has 4 rings (SSSR count). The number of carbonyl (C=O) groups excluding carboxylic acids is 2. The lowest BCUT2D eigenvalue weighted by atomic mass is 10.1. The first kappa shape index (κ1) is 19.4. The normalized spacial score (nSPS) is 15.9. The van der Waals surface area contributed by atoms with E-state index in [2.05, 4.69) is 15.4 Å². The molecule has 1 aromatic carbocycles. The van der Waals surface area contributed by atoms with Crippen LogP contribution in [0.15, 0.2) is 42.9 Å². The van der Waals surface area contributed by atoms with Gasteiger partial charge in [-0.15, -0.1) is 0 Å². The molecule has 0 aliphatic carbocycles. The second-order valence-electron chi connectivity index (χ2n) is 6.86. The number of hydrogen-bond acceptors (Lipinski definition) is 4. The minimum atomic E-state index is -0.418. The average molecular weight is 430 g/mol. The summed E-state index contributed by atoms with van der Waals surface area (Å²) in [6.07, 6.45) is 4.63. The number of hydrogen-bond donors (Lipinski definition) is 1. The second kappa shape index (κ2) is 7.50. The van der Waals surface area contributed by atoms with Crippen molar-refractivity contribution in [1.29, 1.82) is 0 Å². The second-order valence-corrected chi connectivity index (χ2v) is 7.67. The summed E-state index contributed by atoms with van der Waals surface area (Å²) in [6.45, 7) is 4.19. The van der Waals surface area contributed by atoms with Crippen LogP contribution in [0.5, 0.6) is 0 Å². The van der Waals surface area contributed by atoms with Gasteiger partial charge in [-0.3, -0.25) is 19.3 Å². The number of fused-ring (bicyclic) bond motifs is 1. The van der Waals surface area contributed by atoms with Crippen LogP contribution in [0.4, 0.5) is 11.4 Å². The Kier molecular flexibility index (Phi) is 5.02. The summed E-state index contributed by atoms with van der Waals surface area (Å²) in [7, 11) is 0. The van der Waals surface area contributed by atoms with Crippen LogP contribution in [-0.4, -0.2) is 33.1 Å². The van der Waals surface area contributed by atoms with E-state index in [0.717, 1.165) is 5.56 Å². The highest BCUT2D eigenvalue weighted by Gasteiger charge is 2.35. The molecule has 0 unspecified atom stereocenters. The van der Waals surface area contributed by atoms with Gasteiger partial charge in [0, 0.05) is 18.4 Å². The van der Waals surface area contributed by atoms with Crippen LogP contribution in [0.25, 0.3) is 0 Å². The Morgan fingerprint density at radius 2 is 2.00 bits per heavy atom. The molecular formula is C20H17Cl2N5O2. The fourth-order valence-electron chi connectivity index (χ4n) is 3.29. The zero-order valence-electron chi connectivity index (χ0n) is 15.7. The summed E-state index contributed by atoms with van der Waals surface area (Å²) in [5.41, 5.74) is 2.49. The molecule has 0 saturated carbocycles. The first-order valence-corrected chi connectivity index (χ1v) is 9.68. The van der Waals surface area contributed by atoms with Crippen molar-refractivity contribution in [2.45, 2.75) is 19.9 Å². The molecule has 2 aromatic heterocycles. The molecule has 2 amide bonds. The van der Waals surface area contributed by atoms with E-state index in [1.807, 2.05) is 13.8 Å². The van der Waals surface area contributed by atoms with Crippen molar-refractivity contribution in [2.75, 3.05) is 16.8 Å². The molecule has 1 aliphatic rings. The number of benzene rings is 1. The lowest BCUT2D eigenvalue weighted by Gasteiger charge is -2.32. The van der Waals surface area contributed by atoms with Gasteiger partial charge in [0.15, 0.2) is 0 Å². The quantitative estimate of drug-likeness (QED) is 0.670. The minimum absolute atomic E-state index is 0.126. The fraction of sp³-hybridized carbons (Fsp3) is 0.200. The van der Waals surface area contributed by atoms with E-state index in [-0.39, 0.29) is 23.2 Å². The Labute approximate surface area is 177 Å². The van der Waals surface area contributed by atoms with Crippen molar-refractivity contribution in [3.05, 3.63) is 69.7 Å². The average Bonchev–Trinajstić information content (AvgIpc) is 3.15.